The van der Waals surface area contributed by atoms with E-state index in [0.29, 0.717) is 0 Å². The molecule has 0 fully saturated rings. The van der Waals surface area contributed by atoms with Gasteiger partial charge in [-0.15, -0.1) is 0 Å². The second kappa shape index (κ2) is 5.55. The van der Waals surface area contributed by atoms with Gasteiger partial charge in [0.1, 0.15) is 10.7 Å². The number of carbonyl (C=O) groups is 1. The summed E-state index contributed by atoms with van der Waals surface area (Å²) in [6.07, 6.45) is 0. The second-order valence-electron chi connectivity index (χ2n) is 5.31. The first-order valence-corrected chi connectivity index (χ1v) is 7.71. The number of aryl methyl sites for hydroxylation is 1. The predicted molar refractivity (Wildman–Crippen MR) is 74.6 cm³/mol. The van der Waals surface area contributed by atoms with Gasteiger partial charge in [-0.25, -0.2) is 13.6 Å². The van der Waals surface area contributed by atoms with Crippen molar-refractivity contribution >= 4 is 15.9 Å². The number of rotatable bonds is 5. The van der Waals surface area contributed by atoms with E-state index in [0.717, 1.165) is 6.07 Å². The molecule has 1 rings (SSSR count). The molecule has 1 atom stereocenters. The molecule has 0 bridgehead atoms. The SMILES string of the molecule is Cc1oc(C(=O)NC(C)(CN)C(C)C)cc1S(N)(=O)=O. The van der Waals surface area contributed by atoms with Crippen LogP contribution in [0.3, 0.4) is 0 Å². The third kappa shape index (κ3) is 3.38. The number of carbonyl (C=O) groups excluding carboxylic acids is 1. The lowest BCUT2D eigenvalue weighted by atomic mass is 9.88. The minimum Gasteiger partial charge on any atom is -0.455 e. The van der Waals surface area contributed by atoms with Gasteiger partial charge in [0.25, 0.3) is 5.91 Å². The average molecular weight is 303 g/mol. The fraction of sp³-hybridized carbons (Fsp3) is 0.583. The van der Waals surface area contributed by atoms with Gasteiger partial charge in [-0.1, -0.05) is 13.8 Å². The maximum absolute atomic E-state index is 12.1. The van der Waals surface area contributed by atoms with Crippen molar-refractivity contribution in [3.05, 3.63) is 17.6 Å². The van der Waals surface area contributed by atoms with Crippen LogP contribution in [0.1, 0.15) is 37.1 Å². The molecular weight excluding hydrogens is 282 g/mol. The molecule has 0 saturated carbocycles. The summed E-state index contributed by atoms with van der Waals surface area (Å²) in [7, 11) is -3.91. The highest BCUT2D eigenvalue weighted by Crippen LogP contribution is 2.20. The van der Waals surface area contributed by atoms with Gasteiger partial charge in [0.15, 0.2) is 5.76 Å². The smallest absolute Gasteiger partial charge is 0.287 e. The van der Waals surface area contributed by atoms with E-state index in [2.05, 4.69) is 5.32 Å². The molecule has 20 heavy (non-hydrogen) atoms. The molecule has 0 aliphatic rings. The Morgan fingerprint density at radius 2 is 2.05 bits per heavy atom. The van der Waals surface area contributed by atoms with Crippen LogP contribution in [0.5, 0.6) is 0 Å². The first kappa shape index (κ1) is 16.7. The number of amides is 1. The van der Waals surface area contributed by atoms with Gasteiger partial charge in [-0.05, 0) is 19.8 Å². The molecule has 5 N–H and O–H groups in total. The van der Waals surface area contributed by atoms with Crippen LogP contribution in [0.15, 0.2) is 15.4 Å². The molecule has 0 radical (unpaired) electrons. The summed E-state index contributed by atoms with van der Waals surface area (Å²) in [6.45, 7) is 7.35. The Kier molecular flexibility index (Phi) is 4.62. The topological polar surface area (TPSA) is 128 Å². The van der Waals surface area contributed by atoms with Gasteiger partial charge < -0.3 is 15.5 Å². The molecule has 7 nitrogen and oxygen atoms in total. The molecule has 0 spiro atoms. The highest BCUT2D eigenvalue weighted by atomic mass is 32.2. The molecule has 1 heterocycles. The fourth-order valence-corrected chi connectivity index (χ4v) is 2.33. The van der Waals surface area contributed by atoms with Crippen molar-refractivity contribution in [3.8, 4) is 0 Å². The number of nitrogens with two attached hydrogens (primary N) is 2. The van der Waals surface area contributed by atoms with Gasteiger partial charge in [0.05, 0.1) is 5.54 Å². The highest BCUT2D eigenvalue weighted by molar-refractivity contribution is 7.89. The summed E-state index contributed by atoms with van der Waals surface area (Å²) in [4.78, 5) is 11.9. The largest absolute Gasteiger partial charge is 0.455 e. The zero-order valence-electron chi connectivity index (χ0n) is 12.1. The zero-order chi connectivity index (χ0) is 15.7. The lowest BCUT2D eigenvalue weighted by Gasteiger charge is -2.33. The molecule has 0 aliphatic carbocycles. The summed E-state index contributed by atoms with van der Waals surface area (Å²) in [6, 6.07) is 1.12. The first-order chi connectivity index (χ1) is 9.01. The summed E-state index contributed by atoms with van der Waals surface area (Å²) in [5.41, 5.74) is 5.07. The van der Waals surface area contributed by atoms with Crippen molar-refractivity contribution in [1.82, 2.24) is 5.32 Å². The minimum absolute atomic E-state index is 0.0802. The lowest BCUT2D eigenvalue weighted by Crippen LogP contribution is -2.54. The number of nitrogens with one attached hydrogen (secondary N) is 1. The van der Waals surface area contributed by atoms with Crippen molar-refractivity contribution in [2.24, 2.45) is 16.8 Å². The molecule has 0 saturated heterocycles. The Hall–Kier alpha value is -1.38. The minimum atomic E-state index is -3.91. The Balaban J connectivity index is 3.06. The highest BCUT2D eigenvalue weighted by Gasteiger charge is 2.31. The number of hydrogen-bond acceptors (Lipinski definition) is 5. The van der Waals surface area contributed by atoms with Crippen molar-refractivity contribution in [2.45, 2.75) is 38.1 Å². The van der Waals surface area contributed by atoms with Crippen molar-refractivity contribution in [1.29, 1.82) is 0 Å². The number of furan rings is 1. The van der Waals surface area contributed by atoms with Gasteiger partial charge in [-0.2, -0.15) is 0 Å². The van der Waals surface area contributed by atoms with E-state index in [1.807, 2.05) is 20.8 Å². The standard InChI is InChI=1S/C12H21N3O4S/c1-7(2)12(4,6-13)15-11(16)9-5-10(8(3)19-9)20(14,17)18/h5,7H,6,13H2,1-4H3,(H,15,16)(H2,14,17,18). The van der Waals surface area contributed by atoms with Crippen molar-refractivity contribution in [3.63, 3.8) is 0 Å². The van der Waals surface area contributed by atoms with E-state index in [1.54, 1.807) is 0 Å². The van der Waals surface area contributed by atoms with E-state index in [4.69, 9.17) is 15.3 Å². The van der Waals surface area contributed by atoms with E-state index in [1.165, 1.54) is 6.92 Å². The first-order valence-electron chi connectivity index (χ1n) is 6.17. The molecule has 1 amide bonds. The average Bonchev–Trinajstić information content (AvgIpc) is 2.70. The van der Waals surface area contributed by atoms with E-state index in [9.17, 15) is 13.2 Å². The summed E-state index contributed by atoms with van der Waals surface area (Å²) < 4.78 is 27.8. The molecular formula is C12H21N3O4S. The zero-order valence-corrected chi connectivity index (χ0v) is 12.9. The number of primary sulfonamides is 1. The van der Waals surface area contributed by atoms with Crippen LogP contribution in [0.25, 0.3) is 0 Å². The molecule has 0 aliphatic heterocycles. The number of sulfonamides is 1. The van der Waals surface area contributed by atoms with Crippen molar-refractivity contribution < 1.29 is 17.6 Å². The second-order valence-corrected chi connectivity index (χ2v) is 6.84. The van der Waals surface area contributed by atoms with Crippen LogP contribution >= 0.6 is 0 Å². The van der Waals surface area contributed by atoms with Crippen LogP contribution < -0.4 is 16.2 Å². The normalized spacial score (nSPS) is 15.2. The number of hydrogen-bond donors (Lipinski definition) is 3. The summed E-state index contributed by atoms with van der Waals surface area (Å²) in [5.74, 6) is -0.446. The van der Waals surface area contributed by atoms with Gasteiger partial charge >= 0.3 is 0 Å². The van der Waals surface area contributed by atoms with Crippen LogP contribution in [-0.4, -0.2) is 26.4 Å². The van der Waals surface area contributed by atoms with Crippen LogP contribution in [0, 0.1) is 12.8 Å². The Morgan fingerprint density at radius 3 is 2.40 bits per heavy atom. The van der Waals surface area contributed by atoms with Crippen LogP contribution in [0.4, 0.5) is 0 Å². The van der Waals surface area contributed by atoms with Crippen LogP contribution in [0.2, 0.25) is 0 Å². The Labute approximate surface area is 118 Å². The summed E-state index contributed by atoms with van der Waals surface area (Å²) >= 11 is 0. The quantitative estimate of drug-likeness (QED) is 0.722. The molecule has 1 unspecified atom stereocenters. The van der Waals surface area contributed by atoms with Gasteiger partial charge in [0, 0.05) is 12.6 Å². The maximum atomic E-state index is 12.1. The fourth-order valence-electron chi connectivity index (χ4n) is 1.61. The maximum Gasteiger partial charge on any atom is 0.287 e. The molecule has 114 valence electrons. The third-order valence-corrected chi connectivity index (χ3v) is 4.52. The van der Waals surface area contributed by atoms with E-state index in [-0.39, 0.29) is 28.9 Å². The van der Waals surface area contributed by atoms with E-state index < -0.39 is 21.5 Å². The predicted octanol–water partition coefficient (Wildman–Crippen LogP) is 0.339. The van der Waals surface area contributed by atoms with Gasteiger partial charge in [-0.3, -0.25) is 4.79 Å². The molecule has 1 aromatic heterocycles. The monoisotopic (exact) mass is 303 g/mol. The lowest BCUT2D eigenvalue weighted by molar-refractivity contribution is 0.0853. The van der Waals surface area contributed by atoms with E-state index >= 15 is 0 Å². The molecule has 0 aromatic carbocycles. The third-order valence-electron chi connectivity index (χ3n) is 3.50. The van der Waals surface area contributed by atoms with Crippen molar-refractivity contribution in [2.75, 3.05) is 6.54 Å². The Morgan fingerprint density at radius 1 is 1.50 bits per heavy atom. The summed E-state index contributed by atoms with van der Waals surface area (Å²) in [5, 5.41) is 7.79. The van der Waals surface area contributed by atoms with Crippen LogP contribution in [-0.2, 0) is 10.0 Å². The molecule has 8 heteroatoms. The molecule has 1 aromatic rings. The van der Waals surface area contributed by atoms with Gasteiger partial charge in [0.2, 0.25) is 10.0 Å². The Bertz CT molecular complexity index is 606.